The number of hydrogen-bond donors (Lipinski definition) is 0. The highest BCUT2D eigenvalue weighted by atomic mass is 32.2. The third kappa shape index (κ3) is 4.94. The number of aromatic nitrogens is 4. The summed E-state index contributed by atoms with van der Waals surface area (Å²) < 4.78 is 34.3. The van der Waals surface area contributed by atoms with E-state index in [1.165, 1.54) is 17.8 Å². The second-order valence-corrected chi connectivity index (χ2v) is 8.87. The summed E-state index contributed by atoms with van der Waals surface area (Å²) in [7, 11) is 1.65. The van der Waals surface area contributed by atoms with Crippen LogP contribution in [0.3, 0.4) is 0 Å². The summed E-state index contributed by atoms with van der Waals surface area (Å²) in [4.78, 5) is 4.87. The van der Waals surface area contributed by atoms with Gasteiger partial charge in [0, 0.05) is 29.4 Å². The maximum atomic E-state index is 13.7. The minimum absolute atomic E-state index is 0.425. The third-order valence-electron chi connectivity index (χ3n) is 5.61. The van der Waals surface area contributed by atoms with Gasteiger partial charge in [-0.25, -0.2) is 13.8 Å². The van der Waals surface area contributed by atoms with Gasteiger partial charge < -0.3 is 4.74 Å². The number of rotatable bonds is 8. The van der Waals surface area contributed by atoms with Crippen LogP contribution in [0.5, 0.6) is 0 Å². The zero-order valence-electron chi connectivity index (χ0n) is 19.0. The molecule has 8 heteroatoms. The molecule has 0 aliphatic carbocycles. The number of ether oxygens (including phenoxy) is 1. The van der Waals surface area contributed by atoms with Crippen LogP contribution in [-0.4, -0.2) is 33.5 Å². The van der Waals surface area contributed by atoms with Gasteiger partial charge in [0.1, 0.15) is 0 Å². The molecule has 0 spiro atoms. The molecule has 5 aromatic rings. The van der Waals surface area contributed by atoms with Crippen molar-refractivity contribution in [1.29, 1.82) is 0 Å². The first-order valence-corrected chi connectivity index (χ1v) is 12.1. The van der Waals surface area contributed by atoms with E-state index in [1.807, 2.05) is 65.2 Å². The van der Waals surface area contributed by atoms with Gasteiger partial charge in [-0.05, 0) is 29.8 Å². The number of para-hydroxylation sites is 1. The molecule has 176 valence electrons. The lowest BCUT2D eigenvalue weighted by Crippen LogP contribution is -2.08. The zero-order valence-corrected chi connectivity index (χ0v) is 19.8. The summed E-state index contributed by atoms with van der Waals surface area (Å²) in [5.41, 5.74) is 4.29. The number of pyridine rings is 1. The molecule has 2 heterocycles. The molecule has 0 amide bonds. The molecule has 5 nitrogen and oxygen atoms in total. The minimum atomic E-state index is -0.860. The molecule has 5 rings (SSSR count). The maximum absolute atomic E-state index is 13.7. The van der Waals surface area contributed by atoms with Crippen molar-refractivity contribution in [2.75, 3.05) is 13.7 Å². The van der Waals surface area contributed by atoms with Gasteiger partial charge in [0.05, 0.1) is 24.4 Å². The lowest BCUT2D eigenvalue weighted by molar-refractivity contribution is 0.185. The van der Waals surface area contributed by atoms with E-state index in [2.05, 4.69) is 10.2 Å². The molecule has 0 radical (unpaired) electrons. The van der Waals surface area contributed by atoms with Crippen molar-refractivity contribution in [3.8, 4) is 22.6 Å². The first-order valence-electron chi connectivity index (χ1n) is 11.1. The molecule has 0 bridgehead atoms. The Morgan fingerprint density at radius 2 is 1.69 bits per heavy atom. The predicted octanol–water partition coefficient (Wildman–Crippen LogP) is 6.38. The van der Waals surface area contributed by atoms with E-state index in [1.54, 1.807) is 13.2 Å². The number of halogens is 2. The van der Waals surface area contributed by atoms with Crippen LogP contribution in [0.15, 0.2) is 84.0 Å². The fourth-order valence-corrected chi connectivity index (χ4v) is 4.78. The quantitative estimate of drug-likeness (QED) is 0.237. The van der Waals surface area contributed by atoms with Gasteiger partial charge in [0.2, 0.25) is 0 Å². The van der Waals surface area contributed by atoms with Crippen LogP contribution in [0.2, 0.25) is 0 Å². The summed E-state index contributed by atoms with van der Waals surface area (Å²) in [6.07, 6.45) is 0. The molecular formula is C27H22F2N4OS. The Bertz CT molecular complexity index is 1470. The number of fused-ring (bicyclic) bond motifs is 1. The molecule has 3 aromatic carbocycles. The van der Waals surface area contributed by atoms with E-state index in [4.69, 9.17) is 9.72 Å². The topological polar surface area (TPSA) is 52.8 Å². The fraction of sp³-hybridized carbons (Fsp3) is 0.148. The van der Waals surface area contributed by atoms with Gasteiger partial charge in [-0.3, -0.25) is 4.57 Å². The molecule has 0 saturated heterocycles. The maximum Gasteiger partial charge on any atom is 0.191 e. The minimum Gasteiger partial charge on any atom is -0.383 e. The number of nitrogens with zero attached hydrogens (tertiary/aromatic N) is 4. The van der Waals surface area contributed by atoms with E-state index >= 15 is 0 Å². The Balaban J connectivity index is 1.57. The molecule has 0 unspecified atom stereocenters. The molecule has 0 fully saturated rings. The van der Waals surface area contributed by atoms with E-state index < -0.39 is 11.6 Å². The van der Waals surface area contributed by atoms with Gasteiger partial charge in [0.15, 0.2) is 22.6 Å². The van der Waals surface area contributed by atoms with Crippen LogP contribution in [0.4, 0.5) is 8.78 Å². The highest BCUT2D eigenvalue weighted by molar-refractivity contribution is 7.98. The standard InChI is InChI=1S/C27H22F2N4OS/c1-34-14-13-33-26(31-32-27(33)35-17-18-11-12-22(28)23(29)15-18)21-16-25(19-7-3-2-4-8-19)30-24-10-6-5-9-20(21)24/h2-12,15-16H,13-14,17H2,1H3. The second kappa shape index (κ2) is 10.3. The molecule has 0 aliphatic rings. The summed E-state index contributed by atoms with van der Waals surface area (Å²) in [5, 5.41) is 10.6. The van der Waals surface area contributed by atoms with Crippen LogP contribution >= 0.6 is 11.8 Å². The Morgan fingerprint density at radius 1 is 0.886 bits per heavy atom. The van der Waals surface area contributed by atoms with Gasteiger partial charge >= 0.3 is 0 Å². The Kier molecular flexibility index (Phi) is 6.83. The molecule has 35 heavy (non-hydrogen) atoms. The van der Waals surface area contributed by atoms with Crippen molar-refractivity contribution in [2.24, 2.45) is 0 Å². The average Bonchev–Trinajstić information content (AvgIpc) is 3.30. The van der Waals surface area contributed by atoms with Crippen LogP contribution in [-0.2, 0) is 17.0 Å². The summed E-state index contributed by atoms with van der Waals surface area (Å²) in [6, 6.07) is 23.9. The average molecular weight is 489 g/mol. The highest BCUT2D eigenvalue weighted by Gasteiger charge is 2.19. The van der Waals surface area contributed by atoms with E-state index in [0.717, 1.165) is 33.8 Å². The number of hydrogen-bond acceptors (Lipinski definition) is 5. The SMILES string of the molecule is COCCn1c(SCc2ccc(F)c(F)c2)nnc1-c1cc(-c2ccccc2)nc2ccccc12. The number of benzene rings is 3. The fourth-order valence-electron chi connectivity index (χ4n) is 3.87. The molecule has 0 N–H and O–H groups in total. The van der Waals surface area contributed by atoms with Crippen molar-refractivity contribution in [1.82, 2.24) is 19.7 Å². The summed E-state index contributed by atoms with van der Waals surface area (Å²) >= 11 is 1.42. The number of thioether (sulfide) groups is 1. The lowest BCUT2D eigenvalue weighted by atomic mass is 10.0. The monoisotopic (exact) mass is 488 g/mol. The van der Waals surface area contributed by atoms with Crippen molar-refractivity contribution < 1.29 is 13.5 Å². The van der Waals surface area contributed by atoms with Crippen molar-refractivity contribution >= 4 is 22.7 Å². The van der Waals surface area contributed by atoms with Crippen LogP contribution in [0, 0.1) is 11.6 Å². The van der Waals surface area contributed by atoms with Crippen LogP contribution in [0.25, 0.3) is 33.5 Å². The van der Waals surface area contributed by atoms with E-state index in [-0.39, 0.29) is 0 Å². The Labute approximate surface area is 205 Å². The highest BCUT2D eigenvalue weighted by Crippen LogP contribution is 2.33. The molecule has 0 aliphatic heterocycles. The molecular weight excluding hydrogens is 466 g/mol. The molecule has 0 saturated carbocycles. The summed E-state index contributed by atoms with van der Waals surface area (Å²) in [5.74, 6) is -0.593. The van der Waals surface area contributed by atoms with E-state index in [0.29, 0.717) is 35.4 Å². The van der Waals surface area contributed by atoms with Crippen LogP contribution in [0.1, 0.15) is 5.56 Å². The summed E-state index contributed by atoms with van der Waals surface area (Å²) in [6.45, 7) is 1.01. The van der Waals surface area contributed by atoms with Gasteiger partial charge in [-0.1, -0.05) is 66.4 Å². The van der Waals surface area contributed by atoms with Gasteiger partial charge in [-0.15, -0.1) is 10.2 Å². The molecule has 2 aromatic heterocycles. The zero-order chi connectivity index (χ0) is 24.2. The predicted molar refractivity (Wildman–Crippen MR) is 134 cm³/mol. The van der Waals surface area contributed by atoms with Crippen LogP contribution < -0.4 is 0 Å². The second-order valence-electron chi connectivity index (χ2n) is 7.93. The third-order valence-corrected chi connectivity index (χ3v) is 6.65. The smallest absolute Gasteiger partial charge is 0.191 e. The normalized spacial score (nSPS) is 11.3. The van der Waals surface area contributed by atoms with E-state index in [9.17, 15) is 8.78 Å². The van der Waals surface area contributed by atoms with Gasteiger partial charge in [-0.2, -0.15) is 0 Å². The molecule has 0 atom stereocenters. The largest absolute Gasteiger partial charge is 0.383 e. The van der Waals surface area contributed by atoms with Crippen molar-refractivity contribution in [3.05, 3.63) is 96.1 Å². The Morgan fingerprint density at radius 3 is 2.49 bits per heavy atom. The van der Waals surface area contributed by atoms with Crippen molar-refractivity contribution in [3.63, 3.8) is 0 Å². The Hall–Kier alpha value is -3.62. The lowest BCUT2D eigenvalue weighted by Gasteiger charge is -2.13. The first-order chi connectivity index (χ1) is 17.1. The first kappa shape index (κ1) is 23.1. The van der Waals surface area contributed by atoms with Crippen molar-refractivity contribution in [2.45, 2.75) is 17.5 Å². The van der Waals surface area contributed by atoms with Gasteiger partial charge in [0.25, 0.3) is 0 Å². The number of methoxy groups -OCH3 is 1.